The lowest BCUT2D eigenvalue weighted by Crippen LogP contribution is -2.49. The van der Waals surface area contributed by atoms with Gasteiger partial charge < -0.3 is 15.0 Å². The first kappa shape index (κ1) is 19.3. The van der Waals surface area contributed by atoms with Crippen LogP contribution >= 0.6 is 11.6 Å². The molecule has 2 atom stereocenters. The molecule has 0 radical (unpaired) electrons. The van der Waals surface area contributed by atoms with E-state index in [9.17, 15) is 4.79 Å². The van der Waals surface area contributed by atoms with Crippen molar-refractivity contribution in [1.29, 1.82) is 0 Å². The van der Waals surface area contributed by atoms with Crippen LogP contribution in [-0.4, -0.2) is 56.2 Å². The summed E-state index contributed by atoms with van der Waals surface area (Å²) in [5.74, 6) is 0.969. The van der Waals surface area contributed by atoms with E-state index in [-0.39, 0.29) is 18.0 Å². The Kier molecular flexibility index (Phi) is 6.65. The molecule has 1 N–H and O–H groups in total. The highest BCUT2D eigenvalue weighted by Gasteiger charge is 2.29. The zero-order valence-corrected chi connectivity index (χ0v) is 16.6. The number of likely N-dealkylation sites (tertiary alicyclic amines) is 1. The third kappa shape index (κ3) is 4.63. The van der Waals surface area contributed by atoms with Gasteiger partial charge in [0.05, 0.1) is 18.8 Å². The summed E-state index contributed by atoms with van der Waals surface area (Å²) >= 11 is 6.16. The van der Waals surface area contributed by atoms with E-state index >= 15 is 0 Å². The van der Waals surface area contributed by atoms with Gasteiger partial charge in [-0.2, -0.15) is 0 Å². The summed E-state index contributed by atoms with van der Waals surface area (Å²) in [6.07, 6.45) is 5.90. The molecule has 1 aromatic carbocycles. The number of anilines is 1. The van der Waals surface area contributed by atoms with Crippen LogP contribution in [0.25, 0.3) is 0 Å². The van der Waals surface area contributed by atoms with Crippen LogP contribution < -0.4 is 15.0 Å². The minimum absolute atomic E-state index is 0.0529. The second kappa shape index (κ2) is 8.96. The van der Waals surface area contributed by atoms with Gasteiger partial charge >= 0.3 is 0 Å². The molecule has 144 valence electrons. The number of amides is 1. The van der Waals surface area contributed by atoms with Gasteiger partial charge in [-0.3, -0.25) is 9.69 Å². The van der Waals surface area contributed by atoms with Crippen molar-refractivity contribution >= 4 is 23.2 Å². The lowest BCUT2D eigenvalue weighted by Gasteiger charge is -2.28. The Balaban J connectivity index is 1.57. The van der Waals surface area contributed by atoms with E-state index in [0.29, 0.717) is 5.02 Å². The van der Waals surface area contributed by atoms with Crippen LogP contribution in [0.1, 0.15) is 39.0 Å². The number of carbonyl (C=O) groups excluding carboxylic acids is 1. The minimum Gasteiger partial charge on any atom is -0.495 e. The number of methoxy groups -OCH3 is 1. The smallest absolute Gasteiger partial charge is 0.237 e. The summed E-state index contributed by atoms with van der Waals surface area (Å²) < 4.78 is 5.46. The van der Waals surface area contributed by atoms with E-state index < -0.39 is 0 Å². The van der Waals surface area contributed by atoms with Crippen LogP contribution in [0.3, 0.4) is 0 Å². The first-order valence-electron chi connectivity index (χ1n) is 9.71. The van der Waals surface area contributed by atoms with Crippen molar-refractivity contribution in [1.82, 2.24) is 10.2 Å². The topological polar surface area (TPSA) is 44.8 Å². The number of nitrogens with one attached hydrogen (secondary N) is 1. The van der Waals surface area contributed by atoms with Crippen molar-refractivity contribution < 1.29 is 9.53 Å². The minimum atomic E-state index is -0.0529. The van der Waals surface area contributed by atoms with Crippen LogP contribution in [0.4, 0.5) is 5.69 Å². The largest absolute Gasteiger partial charge is 0.495 e. The van der Waals surface area contributed by atoms with Gasteiger partial charge in [0.1, 0.15) is 5.75 Å². The van der Waals surface area contributed by atoms with E-state index in [1.165, 1.54) is 25.7 Å². The highest BCUT2D eigenvalue weighted by molar-refractivity contribution is 6.30. The van der Waals surface area contributed by atoms with Crippen molar-refractivity contribution in [2.75, 3.05) is 38.2 Å². The molecule has 26 heavy (non-hydrogen) atoms. The Labute approximate surface area is 161 Å². The first-order chi connectivity index (χ1) is 12.6. The molecule has 2 saturated heterocycles. The lowest BCUT2D eigenvalue weighted by atomic mass is 10.2. The maximum atomic E-state index is 12.7. The molecule has 5 nitrogen and oxygen atoms in total. The summed E-state index contributed by atoms with van der Waals surface area (Å²) in [6.45, 7) is 5.78. The van der Waals surface area contributed by atoms with E-state index in [1.54, 1.807) is 7.11 Å². The standard InChI is InChI=1S/C20H30ClN3O2/c1-15(23-10-5-3-4-6-11-23)20(25)22-17-9-12-24(14-17)18-13-16(21)7-8-19(18)26-2/h7-8,13,15,17H,3-6,9-12,14H2,1-2H3,(H,22,25). The molecular weight excluding hydrogens is 350 g/mol. The zero-order valence-electron chi connectivity index (χ0n) is 15.8. The predicted octanol–water partition coefficient (Wildman–Crippen LogP) is 3.31. The monoisotopic (exact) mass is 379 g/mol. The second-order valence-corrected chi connectivity index (χ2v) is 7.82. The third-order valence-corrected chi connectivity index (χ3v) is 5.82. The Bertz CT molecular complexity index is 617. The van der Waals surface area contributed by atoms with Gasteiger partial charge in [0.2, 0.25) is 5.91 Å². The van der Waals surface area contributed by atoms with Gasteiger partial charge in [-0.15, -0.1) is 0 Å². The Morgan fingerprint density at radius 2 is 1.96 bits per heavy atom. The van der Waals surface area contributed by atoms with E-state index in [1.807, 2.05) is 25.1 Å². The molecule has 3 rings (SSSR count). The fraction of sp³-hybridized carbons (Fsp3) is 0.650. The number of halogens is 1. The molecule has 0 saturated carbocycles. The third-order valence-electron chi connectivity index (χ3n) is 5.58. The van der Waals surface area contributed by atoms with Gasteiger partial charge in [-0.05, 0) is 57.5 Å². The molecule has 0 aromatic heterocycles. The lowest BCUT2D eigenvalue weighted by molar-refractivity contribution is -0.126. The molecule has 2 aliphatic heterocycles. The van der Waals surface area contributed by atoms with Crippen LogP contribution in [0.5, 0.6) is 5.75 Å². The van der Waals surface area contributed by atoms with Crippen molar-refractivity contribution in [3.05, 3.63) is 23.2 Å². The normalized spacial score (nSPS) is 22.7. The van der Waals surface area contributed by atoms with Crippen molar-refractivity contribution in [2.45, 2.75) is 51.1 Å². The number of nitrogens with zero attached hydrogens (tertiary/aromatic N) is 2. The van der Waals surface area contributed by atoms with Crippen LogP contribution in [0.2, 0.25) is 5.02 Å². The molecule has 1 aromatic rings. The van der Waals surface area contributed by atoms with E-state index in [0.717, 1.165) is 44.0 Å². The molecular formula is C20H30ClN3O2. The molecule has 6 heteroatoms. The van der Waals surface area contributed by atoms with Gasteiger partial charge in [0.25, 0.3) is 0 Å². The fourth-order valence-corrected chi connectivity index (χ4v) is 4.14. The molecule has 1 amide bonds. The molecule has 0 bridgehead atoms. The average molecular weight is 380 g/mol. The number of rotatable bonds is 5. The summed E-state index contributed by atoms with van der Waals surface area (Å²) in [6, 6.07) is 5.78. The second-order valence-electron chi connectivity index (χ2n) is 7.38. The molecule has 2 heterocycles. The number of carbonyl (C=O) groups is 1. The average Bonchev–Trinajstić information content (AvgIpc) is 2.93. The van der Waals surface area contributed by atoms with Crippen LogP contribution in [0, 0.1) is 0 Å². The number of hydrogen-bond donors (Lipinski definition) is 1. The maximum absolute atomic E-state index is 12.7. The van der Waals surface area contributed by atoms with Gasteiger partial charge in [-0.25, -0.2) is 0 Å². The summed E-state index contributed by atoms with van der Waals surface area (Å²) in [7, 11) is 1.67. The maximum Gasteiger partial charge on any atom is 0.237 e. The molecule has 0 spiro atoms. The Morgan fingerprint density at radius 3 is 2.65 bits per heavy atom. The summed E-state index contributed by atoms with van der Waals surface area (Å²) in [4.78, 5) is 17.3. The summed E-state index contributed by atoms with van der Waals surface area (Å²) in [5.41, 5.74) is 0.998. The number of benzene rings is 1. The number of ether oxygens (including phenoxy) is 1. The Hall–Kier alpha value is -1.46. The Morgan fingerprint density at radius 1 is 1.23 bits per heavy atom. The number of hydrogen-bond acceptors (Lipinski definition) is 4. The SMILES string of the molecule is COc1ccc(Cl)cc1N1CCC(NC(=O)C(C)N2CCCCCC2)C1. The van der Waals surface area contributed by atoms with Crippen molar-refractivity contribution in [2.24, 2.45) is 0 Å². The van der Waals surface area contributed by atoms with Crippen molar-refractivity contribution in [3.8, 4) is 5.75 Å². The molecule has 2 aliphatic rings. The molecule has 0 aliphatic carbocycles. The zero-order chi connectivity index (χ0) is 18.5. The summed E-state index contributed by atoms with van der Waals surface area (Å²) in [5, 5.41) is 3.95. The van der Waals surface area contributed by atoms with Crippen LogP contribution in [-0.2, 0) is 4.79 Å². The molecule has 2 unspecified atom stereocenters. The molecule has 2 fully saturated rings. The van der Waals surface area contributed by atoms with E-state index in [4.69, 9.17) is 16.3 Å². The quantitative estimate of drug-likeness (QED) is 0.852. The highest BCUT2D eigenvalue weighted by atomic mass is 35.5. The van der Waals surface area contributed by atoms with Crippen molar-refractivity contribution in [3.63, 3.8) is 0 Å². The van der Waals surface area contributed by atoms with Gasteiger partial charge in [0, 0.05) is 24.2 Å². The first-order valence-corrected chi connectivity index (χ1v) is 10.1. The highest BCUT2D eigenvalue weighted by Crippen LogP contribution is 2.33. The van der Waals surface area contributed by atoms with Gasteiger partial charge in [0.15, 0.2) is 0 Å². The van der Waals surface area contributed by atoms with Gasteiger partial charge in [-0.1, -0.05) is 24.4 Å². The predicted molar refractivity (Wildman–Crippen MR) is 106 cm³/mol. The van der Waals surface area contributed by atoms with Crippen LogP contribution in [0.15, 0.2) is 18.2 Å². The fourth-order valence-electron chi connectivity index (χ4n) is 3.98. The van der Waals surface area contributed by atoms with E-state index in [2.05, 4.69) is 15.1 Å².